The summed E-state index contributed by atoms with van der Waals surface area (Å²) in [5.41, 5.74) is 1.38. The van der Waals surface area contributed by atoms with Gasteiger partial charge in [-0.25, -0.2) is 4.79 Å². The van der Waals surface area contributed by atoms with Gasteiger partial charge in [-0.05, 0) is 29.8 Å². The monoisotopic (exact) mass is 320 g/mol. The first-order valence-corrected chi connectivity index (χ1v) is 6.87. The molecule has 0 aliphatic rings. The Morgan fingerprint density at radius 3 is 2.47 bits per heavy atom. The third kappa shape index (κ3) is 3.35. The van der Waals surface area contributed by atoms with Gasteiger partial charge < -0.3 is 9.47 Å². The zero-order valence-corrected chi connectivity index (χ0v) is 12.0. The molecule has 0 amide bonds. The molecule has 0 saturated carbocycles. The highest BCUT2D eigenvalue weighted by atomic mass is 79.9. The fourth-order valence-corrected chi connectivity index (χ4v) is 2.15. The average Bonchev–Trinajstić information content (AvgIpc) is 2.47. The Hall–Kier alpha value is -1.81. The lowest BCUT2D eigenvalue weighted by molar-refractivity contribution is 0.0599. The van der Waals surface area contributed by atoms with Crippen molar-refractivity contribution in [1.29, 1.82) is 0 Å². The van der Waals surface area contributed by atoms with E-state index >= 15 is 0 Å². The standard InChI is InChI=1S/C15H13BrO3/c1-18-15(17)14-9-13(8-7-11(14)10-16)19-12-5-3-2-4-6-12/h2-9H,10H2,1H3. The smallest absolute Gasteiger partial charge is 0.338 e. The molecule has 0 aliphatic carbocycles. The molecule has 0 atom stereocenters. The van der Waals surface area contributed by atoms with Gasteiger partial charge in [0.05, 0.1) is 12.7 Å². The van der Waals surface area contributed by atoms with Gasteiger partial charge >= 0.3 is 5.97 Å². The van der Waals surface area contributed by atoms with Crippen molar-refractivity contribution in [3.05, 3.63) is 59.7 Å². The summed E-state index contributed by atoms with van der Waals surface area (Å²) >= 11 is 3.35. The van der Waals surface area contributed by atoms with Crippen LogP contribution in [0.2, 0.25) is 0 Å². The molecule has 0 aromatic heterocycles. The first kappa shape index (κ1) is 13.6. The number of methoxy groups -OCH3 is 1. The Labute approximate surface area is 120 Å². The summed E-state index contributed by atoms with van der Waals surface area (Å²) < 4.78 is 10.5. The van der Waals surface area contributed by atoms with Gasteiger partial charge in [-0.15, -0.1) is 0 Å². The van der Waals surface area contributed by atoms with E-state index in [0.717, 1.165) is 11.3 Å². The van der Waals surface area contributed by atoms with Gasteiger partial charge in [0, 0.05) is 5.33 Å². The van der Waals surface area contributed by atoms with E-state index in [-0.39, 0.29) is 5.97 Å². The minimum Gasteiger partial charge on any atom is -0.465 e. The predicted molar refractivity (Wildman–Crippen MR) is 76.9 cm³/mol. The van der Waals surface area contributed by atoms with Crippen LogP contribution in [0.15, 0.2) is 48.5 Å². The number of carbonyl (C=O) groups is 1. The number of benzene rings is 2. The molecule has 4 heteroatoms. The molecule has 0 N–H and O–H groups in total. The van der Waals surface area contributed by atoms with Crippen LogP contribution in [-0.4, -0.2) is 13.1 Å². The van der Waals surface area contributed by atoms with Crippen LogP contribution in [0.1, 0.15) is 15.9 Å². The van der Waals surface area contributed by atoms with E-state index in [0.29, 0.717) is 16.6 Å². The summed E-state index contributed by atoms with van der Waals surface area (Å²) in [5.74, 6) is 0.967. The normalized spacial score (nSPS) is 10.0. The van der Waals surface area contributed by atoms with E-state index in [1.165, 1.54) is 7.11 Å². The molecular formula is C15H13BrO3. The summed E-state index contributed by atoms with van der Waals surface area (Å²) in [6.45, 7) is 0. The number of rotatable bonds is 4. The molecule has 2 aromatic rings. The second-order valence-electron chi connectivity index (χ2n) is 3.86. The predicted octanol–water partition coefficient (Wildman–Crippen LogP) is 4.16. The maximum absolute atomic E-state index is 11.7. The van der Waals surface area contributed by atoms with Crippen molar-refractivity contribution in [1.82, 2.24) is 0 Å². The highest BCUT2D eigenvalue weighted by molar-refractivity contribution is 9.08. The van der Waals surface area contributed by atoms with Crippen LogP contribution in [-0.2, 0) is 10.1 Å². The molecular weight excluding hydrogens is 308 g/mol. The topological polar surface area (TPSA) is 35.5 Å². The maximum atomic E-state index is 11.7. The number of hydrogen-bond acceptors (Lipinski definition) is 3. The summed E-state index contributed by atoms with van der Waals surface area (Å²) in [5, 5.41) is 0.586. The highest BCUT2D eigenvalue weighted by Gasteiger charge is 2.12. The van der Waals surface area contributed by atoms with Gasteiger partial charge in [-0.1, -0.05) is 40.2 Å². The van der Waals surface area contributed by atoms with E-state index in [2.05, 4.69) is 15.9 Å². The number of carbonyl (C=O) groups excluding carboxylic acids is 1. The summed E-state index contributed by atoms with van der Waals surface area (Å²) in [6, 6.07) is 14.8. The zero-order valence-electron chi connectivity index (χ0n) is 10.4. The van der Waals surface area contributed by atoms with E-state index in [1.807, 2.05) is 42.5 Å². The Bertz CT molecular complexity index is 567. The van der Waals surface area contributed by atoms with Gasteiger partial charge in [0.1, 0.15) is 11.5 Å². The lowest BCUT2D eigenvalue weighted by Gasteiger charge is -2.09. The summed E-state index contributed by atoms with van der Waals surface area (Å²) in [6.07, 6.45) is 0. The lowest BCUT2D eigenvalue weighted by atomic mass is 10.1. The van der Waals surface area contributed by atoms with E-state index in [4.69, 9.17) is 9.47 Å². The number of para-hydroxylation sites is 1. The van der Waals surface area contributed by atoms with E-state index < -0.39 is 0 Å². The van der Waals surface area contributed by atoms with Gasteiger partial charge in [0.2, 0.25) is 0 Å². The summed E-state index contributed by atoms with van der Waals surface area (Å²) in [4.78, 5) is 11.7. The molecule has 3 nitrogen and oxygen atoms in total. The number of hydrogen-bond donors (Lipinski definition) is 0. The minimum atomic E-state index is -0.368. The second kappa shape index (κ2) is 6.38. The second-order valence-corrected chi connectivity index (χ2v) is 4.42. The fourth-order valence-electron chi connectivity index (χ4n) is 1.66. The SMILES string of the molecule is COC(=O)c1cc(Oc2ccccc2)ccc1CBr. The van der Waals surface area contributed by atoms with Crippen molar-refractivity contribution in [2.75, 3.05) is 7.11 Å². The molecule has 0 fully saturated rings. The van der Waals surface area contributed by atoms with Crippen molar-refractivity contribution in [3.63, 3.8) is 0 Å². The molecule has 0 aliphatic heterocycles. The van der Waals surface area contributed by atoms with Crippen molar-refractivity contribution < 1.29 is 14.3 Å². The maximum Gasteiger partial charge on any atom is 0.338 e. The molecule has 0 bridgehead atoms. The van der Waals surface area contributed by atoms with Crippen LogP contribution >= 0.6 is 15.9 Å². The first-order chi connectivity index (χ1) is 9.24. The quantitative estimate of drug-likeness (QED) is 0.626. The van der Waals surface area contributed by atoms with Crippen LogP contribution in [0.5, 0.6) is 11.5 Å². The van der Waals surface area contributed by atoms with Gasteiger partial charge in [0.15, 0.2) is 0 Å². The van der Waals surface area contributed by atoms with Crippen molar-refractivity contribution in [2.24, 2.45) is 0 Å². The molecule has 19 heavy (non-hydrogen) atoms. The first-order valence-electron chi connectivity index (χ1n) is 5.74. The largest absolute Gasteiger partial charge is 0.465 e. The van der Waals surface area contributed by atoms with Crippen LogP contribution < -0.4 is 4.74 Å². The minimum absolute atomic E-state index is 0.368. The molecule has 2 rings (SSSR count). The Kier molecular flexibility index (Phi) is 4.58. The van der Waals surface area contributed by atoms with Crippen LogP contribution in [0, 0.1) is 0 Å². The van der Waals surface area contributed by atoms with Crippen LogP contribution in [0.3, 0.4) is 0 Å². The third-order valence-electron chi connectivity index (χ3n) is 2.61. The van der Waals surface area contributed by atoms with Gasteiger partial charge in [-0.3, -0.25) is 0 Å². The fraction of sp³-hybridized carbons (Fsp3) is 0.133. The number of alkyl halides is 1. The Balaban J connectivity index is 2.30. The lowest BCUT2D eigenvalue weighted by Crippen LogP contribution is -2.05. The van der Waals surface area contributed by atoms with E-state index in [1.54, 1.807) is 6.07 Å². The van der Waals surface area contributed by atoms with Crippen molar-refractivity contribution in [2.45, 2.75) is 5.33 Å². The van der Waals surface area contributed by atoms with Gasteiger partial charge in [0.25, 0.3) is 0 Å². The van der Waals surface area contributed by atoms with Gasteiger partial charge in [-0.2, -0.15) is 0 Å². The average molecular weight is 321 g/mol. The third-order valence-corrected chi connectivity index (χ3v) is 3.21. The van der Waals surface area contributed by atoms with Crippen LogP contribution in [0.25, 0.3) is 0 Å². The zero-order chi connectivity index (χ0) is 13.7. The molecule has 0 spiro atoms. The van der Waals surface area contributed by atoms with E-state index in [9.17, 15) is 4.79 Å². The molecule has 0 radical (unpaired) electrons. The Morgan fingerprint density at radius 2 is 1.84 bits per heavy atom. The number of halogens is 1. The molecule has 2 aromatic carbocycles. The molecule has 0 heterocycles. The molecule has 0 unspecified atom stereocenters. The Morgan fingerprint density at radius 1 is 1.11 bits per heavy atom. The molecule has 98 valence electrons. The van der Waals surface area contributed by atoms with Crippen molar-refractivity contribution >= 4 is 21.9 Å². The van der Waals surface area contributed by atoms with Crippen LogP contribution in [0.4, 0.5) is 0 Å². The summed E-state index contributed by atoms with van der Waals surface area (Å²) in [7, 11) is 1.37. The number of ether oxygens (including phenoxy) is 2. The number of esters is 1. The molecule has 0 saturated heterocycles. The highest BCUT2D eigenvalue weighted by Crippen LogP contribution is 2.25. The van der Waals surface area contributed by atoms with Crippen molar-refractivity contribution in [3.8, 4) is 11.5 Å².